The molecule has 1 fully saturated rings. The summed E-state index contributed by atoms with van der Waals surface area (Å²) in [6, 6.07) is 0.383. The van der Waals surface area contributed by atoms with Gasteiger partial charge in [0.2, 0.25) is 5.91 Å². The maximum atomic E-state index is 11.5. The molecule has 1 atom stereocenters. The first-order valence-corrected chi connectivity index (χ1v) is 6.33. The molecule has 1 amide bonds. The summed E-state index contributed by atoms with van der Waals surface area (Å²) in [5.74, 6) is 0.236. The van der Waals surface area contributed by atoms with E-state index in [4.69, 9.17) is 0 Å². The van der Waals surface area contributed by atoms with Crippen LogP contribution in [0.3, 0.4) is 0 Å². The van der Waals surface area contributed by atoms with E-state index in [-0.39, 0.29) is 5.91 Å². The lowest BCUT2D eigenvalue weighted by Crippen LogP contribution is -2.35. The van der Waals surface area contributed by atoms with Crippen molar-refractivity contribution < 1.29 is 4.79 Å². The molecule has 0 aromatic carbocycles. The Labute approximate surface area is 93.0 Å². The van der Waals surface area contributed by atoms with Gasteiger partial charge in [0.1, 0.15) is 0 Å². The lowest BCUT2D eigenvalue weighted by molar-refractivity contribution is -0.121. The third-order valence-corrected chi connectivity index (χ3v) is 2.93. The van der Waals surface area contributed by atoms with Crippen molar-refractivity contribution in [2.75, 3.05) is 13.1 Å². The van der Waals surface area contributed by atoms with Gasteiger partial charge in [-0.15, -0.1) is 0 Å². The monoisotopic (exact) mass is 212 g/mol. The van der Waals surface area contributed by atoms with Crippen molar-refractivity contribution in [1.82, 2.24) is 10.6 Å². The molecule has 0 unspecified atom stereocenters. The molecule has 0 spiro atoms. The zero-order valence-corrected chi connectivity index (χ0v) is 9.85. The van der Waals surface area contributed by atoms with Crippen molar-refractivity contribution in [2.24, 2.45) is 0 Å². The Morgan fingerprint density at radius 2 is 2.13 bits per heavy atom. The largest absolute Gasteiger partial charge is 0.352 e. The van der Waals surface area contributed by atoms with Crippen molar-refractivity contribution in [1.29, 1.82) is 0 Å². The molecule has 1 rings (SSSR count). The average Bonchev–Trinajstić information content (AvgIpc) is 2.70. The van der Waals surface area contributed by atoms with E-state index in [1.165, 1.54) is 25.7 Å². The van der Waals surface area contributed by atoms with Crippen LogP contribution in [0.4, 0.5) is 0 Å². The fourth-order valence-corrected chi connectivity index (χ4v) is 1.97. The highest BCUT2D eigenvalue weighted by Gasteiger charge is 2.15. The molecule has 1 saturated heterocycles. The molecule has 1 aliphatic heterocycles. The van der Waals surface area contributed by atoms with Crippen LogP contribution in [0.5, 0.6) is 0 Å². The smallest absolute Gasteiger partial charge is 0.220 e. The predicted molar refractivity (Wildman–Crippen MR) is 62.8 cm³/mol. The Bertz CT molecular complexity index is 176. The van der Waals surface area contributed by atoms with E-state index in [0.29, 0.717) is 12.5 Å². The molecular weight excluding hydrogens is 188 g/mol. The van der Waals surface area contributed by atoms with Gasteiger partial charge in [0.05, 0.1) is 0 Å². The van der Waals surface area contributed by atoms with Gasteiger partial charge >= 0.3 is 0 Å². The minimum atomic E-state index is 0.236. The van der Waals surface area contributed by atoms with Crippen molar-refractivity contribution in [2.45, 2.75) is 57.9 Å². The van der Waals surface area contributed by atoms with E-state index in [1.807, 2.05) is 0 Å². The zero-order chi connectivity index (χ0) is 10.9. The number of rotatable bonds is 7. The molecule has 2 N–H and O–H groups in total. The Balaban J connectivity index is 1.93. The molecule has 0 saturated carbocycles. The number of hydrogen-bond acceptors (Lipinski definition) is 2. The molecule has 3 heteroatoms. The molecule has 0 radical (unpaired) electrons. The SMILES string of the molecule is CCCCCCCC(=O)N[C@H]1CCNC1. The molecule has 1 heterocycles. The molecule has 0 aromatic rings. The third kappa shape index (κ3) is 5.78. The minimum Gasteiger partial charge on any atom is -0.352 e. The van der Waals surface area contributed by atoms with E-state index in [9.17, 15) is 4.79 Å². The summed E-state index contributed by atoms with van der Waals surface area (Å²) in [6.07, 6.45) is 7.88. The van der Waals surface area contributed by atoms with Crippen LogP contribution in [-0.4, -0.2) is 25.0 Å². The van der Waals surface area contributed by atoms with E-state index < -0.39 is 0 Å². The van der Waals surface area contributed by atoms with Crippen LogP contribution < -0.4 is 10.6 Å². The normalized spacial score (nSPS) is 20.5. The number of amides is 1. The fourth-order valence-electron chi connectivity index (χ4n) is 1.97. The van der Waals surface area contributed by atoms with Crippen LogP contribution in [0, 0.1) is 0 Å². The van der Waals surface area contributed by atoms with Gasteiger partial charge in [-0.1, -0.05) is 32.6 Å². The van der Waals surface area contributed by atoms with Gasteiger partial charge in [-0.2, -0.15) is 0 Å². The number of hydrogen-bond donors (Lipinski definition) is 2. The fraction of sp³-hybridized carbons (Fsp3) is 0.917. The summed E-state index contributed by atoms with van der Waals surface area (Å²) in [4.78, 5) is 11.5. The highest BCUT2D eigenvalue weighted by molar-refractivity contribution is 5.76. The second-order valence-electron chi connectivity index (χ2n) is 4.42. The summed E-state index contributed by atoms with van der Waals surface area (Å²) in [7, 11) is 0. The Morgan fingerprint density at radius 3 is 2.80 bits per heavy atom. The van der Waals surface area contributed by atoms with Crippen LogP contribution in [0.25, 0.3) is 0 Å². The molecule has 15 heavy (non-hydrogen) atoms. The first kappa shape index (κ1) is 12.5. The summed E-state index contributed by atoms with van der Waals surface area (Å²) < 4.78 is 0. The number of nitrogens with one attached hydrogen (secondary N) is 2. The Morgan fingerprint density at radius 1 is 1.33 bits per heavy atom. The molecule has 1 aliphatic rings. The number of carbonyl (C=O) groups excluding carboxylic acids is 1. The maximum Gasteiger partial charge on any atom is 0.220 e. The highest BCUT2D eigenvalue weighted by Crippen LogP contribution is 2.05. The quantitative estimate of drug-likeness (QED) is 0.632. The Kier molecular flexibility index (Phi) is 6.41. The molecule has 3 nitrogen and oxygen atoms in total. The van der Waals surface area contributed by atoms with Crippen LogP contribution >= 0.6 is 0 Å². The van der Waals surface area contributed by atoms with E-state index in [2.05, 4.69) is 17.6 Å². The molecule has 0 aromatic heterocycles. The van der Waals surface area contributed by atoms with Gasteiger partial charge in [0, 0.05) is 19.0 Å². The van der Waals surface area contributed by atoms with Gasteiger partial charge in [-0.25, -0.2) is 0 Å². The lowest BCUT2D eigenvalue weighted by atomic mass is 10.1. The van der Waals surface area contributed by atoms with Gasteiger partial charge in [-0.3, -0.25) is 4.79 Å². The van der Waals surface area contributed by atoms with Crippen LogP contribution in [0.1, 0.15) is 51.9 Å². The highest BCUT2D eigenvalue weighted by atomic mass is 16.1. The Hall–Kier alpha value is -0.570. The van der Waals surface area contributed by atoms with Crippen molar-refractivity contribution in [3.63, 3.8) is 0 Å². The molecular formula is C12H24N2O. The number of carbonyl (C=O) groups is 1. The second-order valence-corrected chi connectivity index (χ2v) is 4.42. The number of unbranched alkanes of at least 4 members (excludes halogenated alkanes) is 4. The third-order valence-electron chi connectivity index (χ3n) is 2.93. The van der Waals surface area contributed by atoms with Gasteiger partial charge in [0.25, 0.3) is 0 Å². The van der Waals surface area contributed by atoms with Crippen molar-refractivity contribution >= 4 is 5.91 Å². The summed E-state index contributed by atoms with van der Waals surface area (Å²) in [5.41, 5.74) is 0. The summed E-state index contributed by atoms with van der Waals surface area (Å²) in [6.45, 7) is 4.20. The lowest BCUT2D eigenvalue weighted by Gasteiger charge is -2.10. The van der Waals surface area contributed by atoms with Crippen LogP contribution in [-0.2, 0) is 4.79 Å². The second kappa shape index (κ2) is 7.69. The first-order chi connectivity index (χ1) is 7.33. The van der Waals surface area contributed by atoms with Gasteiger partial charge in [-0.05, 0) is 19.4 Å². The molecule has 0 bridgehead atoms. The topological polar surface area (TPSA) is 41.1 Å². The van der Waals surface area contributed by atoms with E-state index >= 15 is 0 Å². The molecule has 88 valence electrons. The van der Waals surface area contributed by atoms with E-state index in [0.717, 1.165) is 25.9 Å². The van der Waals surface area contributed by atoms with Crippen molar-refractivity contribution in [3.05, 3.63) is 0 Å². The van der Waals surface area contributed by atoms with Crippen LogP contribution in [0.15, 0.2) is 0 Å². The van der Waals surface area contributed by atoms with Gasteiger partial charge in [0.15, 0.2) is 0 Å². The van der Waals surface area contributed by atoms with Crippen molar-refractivity contribution in [3.8, 4) is 0 Å². The average molecular weight is 212 g/mol. The summed E-state index contributed by atoms with van der Waals surface area (Å²) >= 11 is 0. The first-order valence-electron chi connectivity index (χ1n) is 6.33. The standard InChI is InChI=1S/C12H24N2O/c1-2-3-4-5-6-7-12(15)14-11-8-9-13-10-11/h11,13H,2-10H2,1H3,(H,14,15)/t11-/m0/s1. The maximum absolute atomic E-state index is 11.5. The minimum absolute atomic E-state index is 0.236. The van der Waals surface area contributed by atoms with Gasteiger partial charge < -0.3 is 10.6 Å². The zero-order valence-electron chi connectivity index (χ0n) is 9.85. The van der Waals surface area contributed by atoms with Crippen LogP contribution in [0.2, 0.25) is 0 Å². The van der Waals surface area contributed by atoms with E-state index in [1.54, 1.807) is 0 Å². The predicted octanol–water partition coefficient (Wildman–Crippen LogP) is 1.82. The molecule has 0 aliphatic carbocycles. The summed E-state index contributed by atoms with van der Waals surface area (Å²) in [5, 5.41) is 6.32.